The Balaban J connectivity index is 2.16. The quantitative estimate of drug-likeness (QED) is 0.414. The average molecular weight is 412 g/mol. The van der Waals surface area contributed by atoms with Crippen molar-refractivity contribution in [1.82, 2.24) is 9.97 Å². The summed E-state index contributed by atoms with van der Waals surface area (Å²) in [5.41, 5.74) is 13.2. The van der Waals surface area contributed by atoms with Crippen LogP contribution in [-0.2, 0) is 0 Å². The Morgan fingerprint density at radius 2 is 2.00 bits per heavy atom. The van der Waals surface area contributed by atoms with Crippen LogP contribution < -0.4 is 21.7 Å². The highest BCUT2D eigenvalue weighted by Crippen LogP contribution is 2.39. The van der Waals surface area contributed by atoms with Crippen LogP contribution in [-0.4, -0.2) is 23.2 Å². The molecule has 0 atom stereocenters. The Morgan fingerprint density at radius 3 is 2.69 bits per heavy atom. The number of halogens is 2. The number of nitrogens with one attached hydrogen (secondary N) is 1. The van der Waals surface area contributed by atoms with Gasteiger partial charge < -0.3 is 16.8 Å². The van der Waals surface area contributed by atoms with Gasteiger partial charge in [-0.1, -0.05) is 29.8 Å². The third-order valence-corrected chi connectivity index (χ3v) is 4.13. The smallest absolute Gasteiger partial charge is 0.229 e. The molecular formula is C20H19ClFN7. The number of nitrogens with two attached hydrogens (primary N) is 2. The molecule has 0 aliphatic rings. The first-order valence-electron chi connectivity index (χ1n) is 8.57. The van der Waals surface area contributed by atoms with Crippen molar-refractivity contribution in [2.24, 2.45) is 10.7 Å². The van der Waals surface area contributed by atoms with Gasteiger partial charge in [0.1, 0.15) is 10.8 Å². The molecule has 1 heterocycles. The van der Waals surface area contributed by atoms with Crippen molar-refractivity contribution >= 4 is 46.6 Å². The molecule has 0 radical (unpaired) electrons. The van der Waals surface area contributed by atoms with Crippen molar-refractivity contribution < 1.29 is 4.39 Å². The molecule has 0 aliphatic heterocycles. The maximum Gasteiger partial charge on any atom is 0.229 e. The van der Waals surface area contributed by atoms with E-state index >= 15 is 0 Å². The molecule has 0 saturated carbocycles. The van der Waals surface area contributed by atoms with Crippen molar-refractivity contribution in [2.75, 3.05) is 23.0 Å². The van der Waals surface area contributed by atoms with Crippen LogP contribution in [0.4, 0.5) is 33.2 Å². The van der Waals surface area contributed by atoms with Crippen molar-refractivity contribution in [1.29, 1.82) is 0 Å². The topological polar surface area (TPSA) is 105 Å². The summed E-state index contributed by atoms with van der Waals surface area (Å²) < 4.78 is 14.7. The van der Waals surface area contributed by atoms with E-state index < -0.39 is 5.82 Å². The van der Waals surface area contributed by atoms with E-state index in [0.717, 1.165) is 0 Å². The maximum atomic E-state index is 14.7. The molecule has 3 rings (SSSR count). The number of para-hydroxylation sites is 1. The number of nitrogen functional groups attached to an aromatic ring is 1. The van der Waals surface area contributed by atoms with Gasteiger partial charge >= 0.3 is 0 Å². The predicted molar refractivity (Wildman–Crippen MR) is 116 cm³/mol. The number of allylic oxidation sites excluding steroid dienone is 1. The van der Waals surface area contributed by atoms with Crippen LogP contribution in [0.3, 0.4) is 0 Å². The largest absolute Gasteiger partial charge is 0.403 e. The zero-order valence-corrected chi connectivity index (χ0v) is 16.3. The number of nitrogens with zero attached hydrogens (tertiary/aromatic N) is 4. The summed E-state index contributed by atoms with van der Waals surface area (Å²) in [7, 11) is 1.61. The maximum absolute atomic E-state index is 14.7. The van der Waals surface area contributed by atoms with Crippen LogP contribution in [0, 0.1) is 5.82 Å². The molecule has 0 spiro atoms. The molecule has 0 saturated heterocycles. The van der Waals surface area contributed by atoms with Gasteiger partial charge in [-0.05, 0) is 30.3 Å². The number of hydrogen-bond acceptors (Lipinski definition) is 7. The van der Waals surface area contributed by atoms with E-state index in [4.69, 9.17) is 23.1 Å². The summed E-state index contributed by atoms with van der Waals surface area (Å²) in [5, 5.41) is 3.17. The number of benzene rings is 2. The minimum atomic E-state index is -0.479. The van der Waals surface area contributed by atoms with Gasteiger partial charge in [0.2, 0.25) is 5.95 Å². The molecule has 148 valence electrons. The number of rotatable bonds is 6. The highest BCUT2D eigenvalue weighted by molar-refractivity contribution is 6.33. The second-order valence-electron chi connectivity index (χ2n) is 5.88. The lowest BCUT2D eigenvalue weighted by Crippen LogP contribution is -2.16. The van der Waals surface area contributed by atoms with E-state index in [1.54, 1.807) is 11.9 Å². The summed E-state index contributed by atoms with van der Waals surface area (Å²) in [6.45, 7) is 0. The zero-order chi connectivity index (χ0) is 20.8. The van der Waals surface area contributed by atoms with Crippen LogP contribution in [0.5, 0.6) is 0 Å². The second kappa shape index (κ2) is 9.03. The van der Waals surface area contributed by atoms with Crippen molar-refractivity contribution in [3.8, 4) is 0 Å². The van der Waals surface area contributed by atoms with E-state index in [0.29, 0.717) is 17.1 Å². The minimum Gasteiger partial charge on any atom is -0.403 e. The van der Waals surface area contributed by atoms with Gasteiger partial charge in [0.15, 0.2) is 5.82 Å². The van der Waals surface area contributed by atoms with Crippen molar-refractivity contribution in [3.63, 3.8) is 0 Å². The molecule has 9 heteroatoms. The molecule has 5 N–H and O–H groups in total. The van der Waals surface area contributed by atoms with E-state index in [-0.39, 0.29) is 22.5 Å². The number of aromatic nitrogens is 2. The Kier molecular flexibility index (Phi) is 6.25. The van der Waals surface area contributed by atoms with Gasteiger partial charge in [-0.25, -0.2) is 9.37 Å². The first-order chi connectivity index (χ1) is 14.0. The SMILES string of the molecule is CN=C/C(=C\N)Nc1ncc(Cl)c(N(c2ccccc2)c2cc(N)ccc2F)n1. The summed E-state index contributed by atoms with van der Waals surface area (Å²) in [6, 6.07) is 13.4. The highest BCUT2D eigenvalue weighted by atomic mass is 35.5. The molecule has 0 unspecified atom stereocenters. The van der Waals surface area contributed by atoms with Gasteiger partial charge in [0.05, 0.1) is 17.6 Å². The highest BCUT2D eigenvalue weighted by Gasteiger charge is 2.21. The Morgan fingerprint density at radius 1 is 1.24 bits per heavy atom. The molecule has 0 fully saturated rings. The lowest BCUT2D eigenvalue weighted by Gasteiger charge is -2.26. The third kappa shape index (κ3) is 4.61. The Bertz CT molecular complexity index is 1050. The van der Waals surface area contributed by atoms with E-state index in [1.165, 1.54) is 36.8 Å². The number of aliphatic imine (C=N–C) groups is 1. The normalized spacial score (nSPS) is 11.6. The fourth-order valence-corrected chi connectivity index (χ4v) is 2.79. The standard InChI is InChI=1S/C20H19ClFN7/c1-25-11-14(10-23)27-20-26-12-16(21)19(28-20)29(15-5-3-2-4-6-15)18-9-13(24)7-8-17(18)22/h2-12H,23-24H2,1H3,(H,26,27,28)/b14-10+,25-11?. The Hall–Kier alpha value is -3.65. The first kappa shape index (κ1) is 20.1. The monoisotopic (exact) mass is 411 g/mol. The lowest BCUT2D eigenvalue weighted by molar-refractivity contribution is 0.628. The van der Waals surface area contributed by atoms with Crippen LogP contribution >= 0.6 is 11.6 Å². The minimum absolute atomic E-state index is 0.201. The first-order valence-corrected chi connectivity index (χ1v) is 8.95. The van der Waals surface area contributed by atoms with Gasteiger partial charge in [-0.15, -0.1) is 0 Å². The lowest BCUT2D eigenvalue weighted by atomic mass is 10.2. The third-order valence-electron chi connectivity index (χ3n) is 3.87. The summed E-state index contributed by atoms with van der Waals surface area (Å²) in [5.74, 6) is 0.00354. The van der Waals surface area contributed by atoms with Gasteiger partial charge in [0.25, 0.3) is 0 Å². The predicted octanol–water partition coefficient (Wildman–Crippen LogP) is 4.23. The molecule has 1 aromatic heterocycles. The fourth-order valence-electron chi connectivity index (χ4n) is 2.61. The molecule has 2 aromatic carbocycles. The molecule has 3 aromatic rings. The fraction of sp³-hybridized carbons (Fsp3) is 0.0500. The average Bonchev–Trinajstić information content (AvgIpc) is 2.73. The van der Waals surface area contributed by atoms with Crippen LogP contribution in [0.1, 0.15) is 0 Å². The van der Waals surface area contributed by atoms with Crippen LogP contribution in [0.25, 0.3) is 0 Å². The molecule has 0 aliphatic carbocycles. The molecular weight excluding hydrogens is 393 g/mol. The van der Waals surface area contributed by atoms with Gasteiger partial charge in [0, 0.05) is 30.8 Å². The molecule has 0 bridgehead atoms. The molecule has 7 nitrogen and oxygen atoms in total. The van der Waals surface area contributed by atoms with Crippen molar-refractivity contribution in [2.45, 2.75) is 0 Å². The van der Waals surface area contributed by atoms with E-state index in [2.05, 4.69) is 20.3 Å². The second-order valence-corrected chi connectivity index (χ2v) is 6.29. The summed E-state index contributed by atoms with van der Waals surface area (Å²) in [6.07, 6.45) is 4.27. The summed E-state index contributed by atoms with van der Waals surface area (Å²) in [4.78, 5) is 14.1. The van der Waals surface area contributed by atoms with Crippen LogP contribution in [0.2, 0.25) is 5.02 Å². The van der Waals surface area contributed by atoms with Gasteiger partial charge in [-0.2, -0.15) is 4.98 Å². The number of anilines is 5. The molecule has 29 heavy (non-hydrogen) atoms. The Labute approximate surface area is 172 Å². The zero-order valence-electron chi connectivity index (χ0n) is 15.6. The molecule has 0 amide bonds. The van der Waals surface area contributed by atoms with Gasteiger partial charge in [-0.3, -0.25) is 9.89 Å². The summed E-state index contributed by atoms with van der Waals surface area (Å²) >= 11 is 6.40. The van der Waals surface area contributed by atoms with Crippen LogP contribution in [0.15, 0.2) is 71.6 Å². The van der Waals surface area contributed by atoms with Crippen molar-refractivity contribution in [3.05, 3.63) is 77.5 Å². The number of hydrogen-bond donors (Lipinski definition) is 3. The van der Waals surface area contributed by atoms with E-state index in [9.17, 15) is 4.39 Å². The van der Waals surface area contributed by atoms with E-state index in [1.807, 2.05) is 30.3 Å².